The van der Waals surface area contributed by atoms with E-state index >= 15 is 0 Å². The Labute approximate surface area is 141 Å². The third-order valence-electron chi connectivity index (χ3n) is 4.00. The predicted molar refractivity (Wildman–Crippen MR) is 91.5 cm³/mol. The molecule has 0 saturated carbocycles. The first-order valence-electron chi connectivity index (χ1n) is 7.47. The monoisotopic (exact) mass is 335 g/mol. The van der Waals surface area contributed by atoms with Gasteiger partial charge in [0, 0.05) is 0 Å². The summed E-state index contributed by atoms with van der Waals surface area (Å²) in [4.78, 5) is 4.16. The van der Waals surface area contributed by atoms with Crippen LogP contribution in [0.5, 0.6) is 23.0 Å². The van der Waals surface area contributed by atoms with E-state index in [0.29, 0.717) is 10.8 Å². The van der Waals surface area contributed by atoms with Crippen LogP contribution >= 0.6 is 0 Å². The van der Waals surface area contributed by atoms with Crippen LogP contribution in [0.4, 0.5) is 0 Å². The topological polar surface area (TPSA) is 107 Å². The van der Waals surface area contributed by atoms with Crippen molar-refractivity contribution in [1.82, 2.24) is 4.98 Å². The van der Waals surface area contributed by atoms with Gasteiger partial charge in [0.1, 0.15) is 0 Å². The van der Waals surface area contributed by atoms with Gasteiger partial charge in [-0.05, 0) is 29.0 Å². The number of fused-ring (bicyclic) bond motifs is 1. The maximum atomic E-state index is 10.3. The van der Waals surface area contributed by atoms with E-state index in [1.54, 1.807) is 30.3 Å². The van der Waals surface area contributed by atoms with Crippen molar-refractivity contribution in [2.75, 3.05) is 0 Å². The Morgan fingerprint density at radius 3 is 2.44 bits per heavy atom. The van der Waals surface area contributed by atoms with Gasteiger partial charge in [-0.1, -0.05) is 30.3 Å². The van der Waals surface area contributed by atoms with E-state index in [1.807, 2.05) is 6.07 Å². The van der Waals surface area contributed by atoms with Crippen LogP contribution < -0.4 is 0 Å². The molecule has 124 valence electrons. The van der Waals surface area contributed by atoms with Crippen LogP contribution in [0.3, 0.4) is 0 Å². The summed E-state index contributed by atoms with van der Waals surface area (Å²) in [5.74, 6) is -0.922. The van der Waals surface area contributed by atoms with Crippen molar-refractivity contribution >= 4 is 10.8 Å². The third kappa shape index (κ3) is 2.31. The summed E-state index contributed by atoms with van der Waals surface area (Å²) in [7, 11) is 0. The van der Waals surface area contributed by atoms with Crippen LogP contribution in [0.1, 0.15) is 0 Å². The number of aromatic hydroxyl groups is 4. The standard InChI is InChI=1S/C19H13NO5/c21-13-7-3-6-12(17(13)23)15-9-20-19(25-15)16-11-5-2-1-4-10(11)8-14(22)18(16)24/h1-9,21-24H. The molecule has 0 fully saturated rings. The largest absolute Gasteiger partial charge is 0.504 e. The highest BCUT2D eigenvalue weighted by atomic mass is 16.4. The molecule has 0 saturated heterocycles. The average molecular weight is 335 g/mol. The molecule has 4 aromatic rings. The van der Waals surface area contributed by atoms with E-state index in [0.717, 1.165) is 0 Å². The van der Waals surface area contributed by atoms with Gasteiger partial charge in [-0.15, -0.1) is 0 Å². The molecule has 0 aliphatic rings. The number of phenols is 4. The number of benzene rings is 3. The zero-order valence-electron chi connectivity index (χ0n) is 12.8. The Morgan fingerprint density at radius 2 is 1.60 bits per heavy atom. The van der Waals surface area contributed by atoms with Gasteiger partial charge in [-0.25, -0.2) is 4.98 Å². The summed E-state index contributed by atoms with van der Waals surface area (Å²) < 4.78 is 5.68. The number of oxazole rings is 1. The molecule has 25 heavy (non-hydrogen) atoms. The third-order valence-corrected chi connectivity index (χ3v) is 4.00. The molecule has 1 aromatic heterocycles. The van der Waals surface area contributed by atoms with Gasteiger partial charge in [0.2, 0.25) is 5.89 Å². The van der Waals surface area contributed by atoms with Gasteiger partial charge >= 0.3 is 0 Å². The summed E-state index contributed by atoms with van der Waals surface area (Å²) in [6.45, 7) is 0. The number of nitrogens with zero attached hydrogens (tertiary/aromatic N) is 1. The number of phenolic OH excluding ortho intramolecular Hbond substituents is 4. The number of hydrogen-bond acceptors (Lipinski definition) is 6. The zero-order chi connectivity index (χ0) is 17.6. The van der Waals surface area contributed by atoms with Gasteiger partial charge in [0.15, 0.2) is 28.8 Å². The van der Waals surface area contributed by atoms with Gasteiger partial charge in [0.25, 0.3) is 0 Å². The average Bonchev–Trinajstić information content (AvgIpc) is 3.08. The molecule has 0 radical (unpaired) electrons. The zero-order valence-corrected chi connectivity index (χ0v) is 12.8. The Kier molecular flexibility index (Phi) is 3.25. The van der Waals surface area contributed by atoms with Crippen molar-refractivity contribution in [1.29, 1.82) is 0 Å². The minimum absolute atomic E-state index is 0.0855. The lowest BCUT2D eigenvalue weighted by Crippen LogP contribution is -1.84. The fraction of sp³-hybridized carbons (Fsp3) is 0. The highest BCUT2D eigenvalue weighted by molar-refractivity contribution is 5.99. The molecule has 6 heteroatoms. The molecule has 0 spiro atoms. The summed E-state index contributed by atoms with van der Waals surface area (Å²) in [6.07, 6.45) is 1.38. The first-order chi connectivity index (χ1) is 12.1. The molecule has 6 nitrogen and oxygen atoms in total. The number of aromatic nitrogens is 1. The van der Waals surface area contributed by atoms with Crippen LogP contribution in [0.25, 0.3) is 33.6 Å². The van der Waals surface area contributed by atoms with Crippen molar-refractivity contribution in [3.05, 3.63) is 54.7 Å². The fourth-order valence-electron chi connectivity index (χ4n) is 2.78. The van der Waals surface area contributed by atoms with Gasteiger partial charge in [0.05, 0.1) is 17.3 Å². The lowest BCUT2D eigenvalue weighted by Gasteiger charge is -2.08. The summed E-state index contributed by atoms with van der Waals surface area (Å²) in [5, 5.41) is 41.2. The SMILES string of the molecule is Oc1cccc(-c2cnc(-c3c(O)c(O)cc4ccccc34)o2)c1O. The van der Waals surface area contributed by atoms with Crippen molar-refractivity contribution in [3.63, 3.8) is 0 Å². The minimum Gasteiger partial charge on any atom is -0.504 e. The van der Waals surface area contributed by atoms with Crippen LogP contribution in [-0.2, 0) is 0 Å². The molecule has 0 bridgehead atoms. The van der Waals surface area contributed by atoms with Gasteiger partial charge < -0.3 is 24.8 Å². The molecule has 1 heterocycles. The number of rotatable bonds is 2. The number of hydrogen-bond donors (Lipinski definition) is 4. The highest BCUT2D eigenvalue weighted by Crippen LogP contribution is 2.44. The summed E-state index contributed by atoms with van der Waals surface area (Å²) >= 11 is 0. The van der Waals surface area contributed by atoms with Crippen LogP contribution in [0.2, 0.25) is 0 Å². The maximum Gasteiger partial charge on any atom is 0.231 e. The molecule has 0 unspecified atom stereocenters. The van der Waals surface area contributed by atoms with Crippen LogP contribution in [-0.4, -0.2) is 25.4 Å². The van der Waals surface area contributed by atoms with Gasteiger partial charge in [-0.2, -0.15) is 0 Å². The molecule has 0 aliphatic heterocycles. The highest BCUT2D eigenvalue weighted by Gasteiger charge is 2.20. The molecule has 3 aromatic carbocycles. The second-order valence-electron chi connectivity index (χ2n) is 5.54. The molecule has 0 atom stereocenters. The first kappa shape index (κ1) is 14.9. The van der Waals surface area contributed by atoms with Crippen molar-refractivity contribution in [3.8, 4) is 45.8 Å². The first-order valence-corrected chi connectivity index (χ1v) is 7.47. The van der Waals surface area contributed by atoms with E-state index in [9.17, 15) is 20.4 Å². The van der Waals surface area contributed by atoms with Gasteiger partial charge in [-0.3, -0.25) is 0 Å². The Balaban J connectivity index is 1.93. The van der Waals surface area contributed by atoms with E-state index in [1.165, 1.54) is 18.3 Å². The lowest BCUT2D eigenvalue weighted by molar-refractivity contribution is 0.402. The molecule has 0 aliphatic carbocycles. The Bertz CT molecular complexity index is 1100. The second kappa shape index (κ2) is 5.45. The van der Waals surface area contributed by atoms with Crippen molar-refractivity contribution in [2.24, 2.45) is 0 Å². The number of para-hydroxylation sites is 1. The Hall–Kier alpha value is -3.67. The maximum absolute atomic E-state index is 10.3. The molecule has 4 rings (SSSR count). The molecular formula is C19H13NO5. The van der Waals surface area contributed by atoms with E-state index in [-0.39, 0.29) is 45.8 Å². The smallest absolute Gasteiger partial charge is 0.231 e. The Morgan fingerprint density at radius 1 is 0.800 bits per heavy atom. The normalized spacial score (nSPS) is 11.0. The summed E-state index contributed by atoms with van der Waals surface area (Å²) in [5.41, 5.74) is 0.518. The van der Waals surface area contributed by atoms with Crippen molar-refractivity contribution < 1.29 is 24.8 Å². The quantitative estimate of drug-likeness (QED) is 0.413. The van der Waals surface area contributed by atoms with Crippen molar-refractivity contribution in [2.45, 2.75) is 0 Å². The van der Waals surface area contributed by atoms with E-state index < -0.39 is 0 Å². The lowest BCUT2D eigenvalue weighted by atomic mass is 10.0. The summed E-state index contributed by atoms with van der Waals surface area (Å²) in [6, 6.07) is 13.1. The van der Waals surface area contributed by atoms with Crippen LogP contribution in [0, 0.1) is 0 Å². The van der Waals surface area contributed by atoms with E-state index in [4.69, 9.17) is 4.42 Å². The molecule has 4 N–H and O–H groups in total. The predicted octanol–water partition coefficient (Wildman–Crippen LogP) is 3.98. The fourth-order valence-corrected chi connectivity index (χ4v) is 2.78. The molecule has 0 amide bonds. The van der Waals surface area contributed by atoms with Crippen LogP contribution in [0.15, 0.2) is 59.1 Å². The van der Waals surface area contributed by atoms with E-state index in [2.05, 4.69) is 4.98 Å². The minimum atomic E-state index is -0.341. The second-order valence-corrected chi connectivity index (χ2v) is 5.54. The molecular weight excluding hydrogens is 322 g/mol.